The summed E-state index contributed by atoms with van der Waals surface area (Å²) in [5.74, 6) is 1.73. The molecule has 0 aliphatic heterocycles. The first-order valence-corrected chi connectivity index (χ1v) is 10.6. The van der Waals surface area contributed by atoms with Crippen molar-refractivity contribution in [1.29, 1.82) is 0 Å². The number of nitrogens with one attached hydrogen (secondary N) is 1. The Balaban J connectivity index is 1.36. The number of amides is 1. The second kappa shape index (κ2) is 9.52. The maximum absolute atomic E-state index is 12.2. The molecule has 0 saturated heterocycles. The second-order valence-electron chi connectivity index (χ2n) is 7.96. The van der Waals surface area contributed by atoms with Crippen LogP contribution in [0.4, 0.5) is 5.69 Å². The lowest BCUT2D eigenvalue weighted by atomic mass is 10.0. The quantitative estimate of drug-likeness (QED) is 0.357. The topological polar surface area (TPSA) is 64.4 Å². The number of anilines is 1. The van der Waals surface area contributed by atoms with E-state index in [1.807, 2.05) is 54.6 Å². The summed E-state index contributed by atoms with van der Waals surface area (Å²) in [6.45, 7) is 4.33. The molecule has 0 aliphatic rings. The summed E-state index contributed by atoms with van der Waals surface area (Å²) in [6, 6.07) is 21.4. The van der Waals surface area contributed by atoms with Crippen molar-refractivity contribution in [2.45, 2.75) is 26.2 Å². The van der Waals surface area contributed by atoms with Gasteiger partial charge in [-0.25, -0.2) is 4.98 Å². The Labute approximate surface area is 187 Å². The van der Waals surface area contributed by atoms with Crippen LogP contribution < -0.4 is 10.1 Å². The zero-order valence-corrected chi connectivity index (χ0v) is 18.5. The van der Waals surface area contributed by atoms with Gasteiger partial charge in [0.2, 0.25) is 5.91 Å². The molecular weight excluding hydrogens is 400 g/mol. The molecule has 162 valence electrons. The molecule has 0 aliphatic carbocycles. The van der Waals surface area contributed by atoms with Crippen molar-refractivity contribution < 1.29 is 13.9 Å². The Morgan fingerprint density at radius 3 is 2.50 bits per heavy atom. The molecule has 0 radical (unpaired) electrons. The number of rotatable bonds is 7. The Kier molecular flexibility index (Phi) is 6.36. The summed E-state index contributed by atoms with van der Waals surface area (Å²) in [7, 11) is 1.62. The molecule has 4 aromatic rings. The minimum atomic E-state index is -0.187. The average molecular weight is 427 g/mol. The molecule has 0 bridgehead atoms. The molecule has 5 heteroatoms. The number of ether oxygens (including phenoxy) is 1. The predicted molar refractivity (Wildman–Crippen MR) is 128 cm³/mol. The Hall–Kier alpha value is -3.86. The number of hydrogen-bond donors (Lipinski definition) is 1. The van der Waals surface area contributed by atoms with Crippen LogP contribution in [0, 0.1) is 0 Å². The third-order valence-corrected chi connectivity index (χ3v) is 5.24. The van der Waals surface area contributed by atoms with Crippen LogP contribution in [0.5, 0.6) is 5.75 Å². The molecule has 0 spiro atoms. The van der Waals surface area contributed by atoms with Crippen LogP contribution in [0.1, 0.15) is 42.3 Å². The van der Waals surface area contributed by atoms with Gasteiger partial charge in [0, 0.05) is 18.2 Å². The van der Waals surface area contributed by atoms with Gasteiger partial charge in [-0.05, 0) is 65.1 Å². The molecule has 1 heterocycles. The number of hydrogen-bond acceptors (Lipinski definition) is 4. The number of nitrogens with zero attached hydrogens (tertiary/aromatic N) is 1. The lowest BCUT2D eigenvalue weighted by molar-refractivity contribution is -0.111. The lowest BCUT2D eigenvalue weighted by Gasteiger charge is -2.04. The second-order valence-corrected chi connectivity index (χ2v) is 7.96. The van der Waals surface area contributed by atoms with Crippen molar-refractivity contribution >= 4 is 28.8 Å². The molecular formula is C27H26N2O3. The van der Waals surface area contributed by atoms with Crippen LogP contribution >= 0.6 is 0 Å². The highest BCUT2D eigenvalue weighted by Crippen LogP contribution is 2.23. The van der Waals surface area contributed by atoms with Crippen LogP contribution in [0.2, 0.25) is 0 Å². The molecule has 0 atom stereocenters. The van der Waals surface area contributed by atoms with Gasteiger partial charge in [0.05, 0.1) is 7.11 Å². The molecule has 3 aromatic carbocycles. The largest absolute Gasteiger partial charge is 0.497 e. The van der Waals surface area contributed by atoms with Crippen LogP contribution in [-0.2, 0) is 11.2 Å². The van der Waals surface area contributed by atoms with Gasteiger partial charge in [0.15, 0.2) is 11.5 Å². The maximum atomic E-state index is 12.2. The van der Waals surface area contributed by atoms with E-state index in [0.717, 1.165) is 33.7 Å². The Bertz CT molecular complexity index is 1240. The molecule has 5 nitrogen and oxygen atoms in total. The number of oxazole rings is 1. The molecule has 1 amide bonds. The van der Waals surface area contributed by atoms with E-state index < -0.39 is 0 Å². The minimum absolute atomic E-state index is 0.187. The fourth-order valence-corrected chi connectivity index (χ4v) is 3.38. The summed E-state index contributed by atoms with van der Waals surface area (Å²) in [5.41, 5.74) is 5.66. The zero-order chi connectivity index (χ0) is 22.5. The van der Waals surface area contributed by atoms with Gasteiger partial charge in [0.1, 0.15) is 11.3 Å². The molecule has 0 fully saturated rings. The first-order chi connectivity index (χ1) is 15.5. The van der Waals surface area contributed by atoms with Crippen molar-refractivity contribution in [3.63, 3.8) is 0 Å². The number of fused-ring (bicyclic) bond motifs is 1. The molecule has 0 saturated carbocycles. The van der Waals surface area contributed by atoms with Crippen LogP contribution in [-0.4, -0.2) is 18.0 Å². The molecule has 4 rings (SSSR count). The third-order valence-electron chi connectivity index (χ3n) is 5.24. The van der Waals surface area contributed by atoms with Crippen molar-refractivity contribution in [1.82, 2.24) is 4.98 Å². The first-order valence-electron chi connectivity index (χ1n) is 10.6. The van der Waals surface area contributed by atoms with E-state index in [1.54, 1.807) is 13.2 Å². The summed E-state index contributed by atoms with van der Waals surface area (Å²) in [4.78, 5) is 16.8. The lowest BCUT2D eigenvalue weighted by Crippen LogP contribution is -2.07. The predicted octanol–water partition coefficient (Wildman–Crippen LogP) is 6.20. The number of aromatic nitrogens is 1. The number of benzene rings is 3. The van der Waals surface area contributed by atoms with Gasteiger partial charge in [-0.1, -0.05) is 44.2 Å². The smallest absolute Gasteiger partial charge is 0.248 e. The van der Waals surface area contributed by atoms with E-state index in [4.69, 9.17) is 9.15 Å². The van der Waals surface area contributed by atoms with Crippen molar-refractivity contribution in [2.75, 3.05) is 12.4 Å². The van der Waals surface area contributed by atoms with Crippen molar-refractivity contribution in [3.05, 3.63) is 95.4 Å². The van der Waals surface area contributed by atoms with Crippen LogP contribution in [0.25, 0.3) is 17.2 Å². The number of carbonyl (C=O) groups is 1. The van der Waals surface area contributed by atoms with E-state index in [-0.39, 0.29) is 5.91 Å². The van der Waals surface area contributed by atoms with E-state index in [9.17, 15) is 4.79 Å². The van der Waals surface area contributed by atoms with Gasteiger partial charge in [0.25, 0.3) is 0 Å². The normalized spacial score (nSPS) is 11.4. The van der Waals surface area contributed by atoms with E-state index >= 15 is 0 Å². The summed E-state index contributed by atoms with van der Waals surface area (Å²) < 4.78 is 11.0. The highest BCUT2D eigenvalue weighted by molar-refractivity contribution is 6.01. The molecule has 1 N–H and O–H groups in total. The Morgan fingerprint density at radius 1 is 1.06 bits per heavy atom. The van der Waals surface area contributed by atoms with Gasteiger partial charge in [-0.15, -0.1) is 0 Å². The molecule has 32 heavy (non-hydrogen) atoms. The summed E-state index contributed by atoms with van der Waals surface area (Å²) >= 11 is 0. The summed E-state index contributed by atoms with van der Waals surface area (Å²) in [6.07, 6.45) is 3.87. The standard InChI is InChI=1S/C27H26N2O3/c1-18(2)21-9-14-25-24(17-21)29-27(32-25)16-20-4-10-22(11-5-20)28-26(30)15-8-19-6-12-23(31-3)13-7-19/h4-15,17-18H,16H2,1-3H3,(H,28,30)/b15-8+. The summed E-state index contributed by atoms with van der Waals surface area (Å²) in [5, 5.41) is 2.87. The molecule has 0 unspecified atom stereocenters. The highest BCUT2D eigenvalue weighted by Gasteiger charge is 2.09. The number of carbonyl (C=O) groups excluding carboxylic acids is 1. The van der Waals surface area contributed by atoms with Crippen molar-refractivity contribution in [2.24, 2.45) is 0 Å². The highest BCUT2D eigenvalue weighted by atomic mass is 16.5. The minimum Gasteiger partial charge on any atom is -0.497 e. The fraction of sp³-hybridized carbons (Fsp3) is 0.185. The van der Waals surface area contributed by atoms with Gasteiger partial charge in [-0.3, -0.25) is 4.79 Å². The van der Waals surface area contributed by atoms with Gasteiger partial charge in [-0.2, -0.15) is 0 Å². The SMILES string of the molecule is COc1ccc(/C=C/C(=O)Nc2ccc(Cc3nc4cc(C(C)C)ccc4o3)cc2)cc1. The Morgan fingerprint density at radius 2 is 1.81 bits per heavy atom. The van der Waals surface area contributed by atoms with Crippen LogP contribution in [0.15, 0.2) is 77.2 Å². The monoisotopic (exact) mass is 426 g/mol. The fourth-order valence-electron chi connectivity index (χ4n) is 3.38. The average Bonchev–Trinajstić information content (AvgIpc) is 3.20. The number of methoxy groups -OCH3 is 1. The van der Waals surface area contributed by atoms with Gasteiger partial charge < -0.3 is 14.5 Å². The van der Waals surface area contributed by atoms with E-state index in [0.29, 0.717) is 18.2 Å². The van der Waals surface area contributed by atoms with Gasteiger partial charge >= 0.3 is 0 Å². The van der Waals surface area contributed by atoms with E-state index in [2.05, 4.69) is 36.3 Å². The zero-order valence-electron chi connectivity index (χ0n) is 18.5. The maximum Gasteiger partial charge on any atom is 0.248 e. The first kappa shape index (κ1) is 21.4. The third kappa shape index (κ3) is 5.24. The van der Waals surface area contributed by atoms with Crippen LogP contribution in [0.3, 0.4) is 0 Å². The molecule has 1 aromatic heterocycles. The van der Waals surface area contributed by atoms with E-state index in [1.165, 1.54) is 11.6 Å². The van der Waals surface area contributed by atoms with Crippen molar-refractivity contribution in [3.8, 4) is 5.75 Å².